The van der Waals surface area contributed by atoms with Crippen molar-refractivity contribution in [3.63, 3.8) is 0 Å². The molecule has 6 heteroatoms. The highest BCUT2D eigenvalue weighted by Crippen LogP contribution is 2.16. The summed E-state index contributed by atoms with van der Waals surface area (Å²) in [6, 6.07) is 15.7. The van der Waals surface area contributed by atoms with Gasteiger partial charge in [0.05, 0.1) is 14.2 Å². The van der Waals surface area contributed by atoms with E-state index >= 15 is 0 Å². The molecule has 0 aliphatic carbocycles. The number of hydrogen-bond acceptors (Lipinski definition) is 3. The van der Waals surface area contributed by atoms with Gasteiger partial charge in [-0.3, -0.25) is 4.99 Å². The summed E-state index contributed by atoms with van der Waals surface area (Å²) in [4.78, 5) is 4.42. The molecule has 1 atom stereocenters. The first kappa shape index (κ1) is 21.1. The summed E-state index contributed by atoms with van der Waals surface area (Å²) in [6.07, 6.45) is 0.948. The molecule has 0 aromatic heterocycles. The van der Waals surface area contributed by atoms with Gasteiger partial charge in [0.25, 0.3) is 0 Å². The number of nitrogens with zero attached hydrogens (tertiary/aromatic N) is 1. The lowest BCUT2D eigenvalue weighted by Gasteiger charge is -2.11. The number of halogens is 1. The van der Waals surface area contributed by atoms with Crippen LogP contribution in [0.1, 0.15) is 12.5 Å². The van der Waals surface area contributed by atoms with Gasteiger partial charge in [0.15, 0.2) is 5.96 Å². The van der Waals surface area contributed by atoms with E-state index in [1.54, 1.807) is 14.2 Å². The van der Waals surface area contributed by atoms with Crippen LogP contribution in [0.4, 0.5) is 5.69 Å². The van der Waals surface area contributed by atoms with Gasteiger partial charge in [0.1, 0.15) is 11.5 Å². The number of methoxy groups -OCH3 is 2. The second kappa shape index (κ2) is 10.8. The van der Waals surface area contributed by atoms with Crippen molar-refractivity contribution >= 4 is 35.6 Å². The number of aliphatic imine (C=N–C) groups is 1. The van der Waals surface area contributed by atoms with Crippen LogP contribution in [0.2, 0.25) is 0 Å². The quantitative estimate of drug-likeness (QED) is 0.377. The van der Waals surface area contributed by atoms with E-state index in [2.05, 4.69) is 29.4 Å². The van der Waals surface area contributed by atoms with Gasteiger partial charge in [0, 0.05) is 12.2 Å². The third-order valence-corrected chi connectivity index (χ3v) is 3.68. The van der Waals surface area contributed by atoms with Gasteiger partial charge in [-0.05, 0) is 54.3 Å². The molecule has 2 aromatic rings. The molecule has 25 heavy (non-hydrogen) atoms. The van der Waals surface area contributed by atoms with Crippen LogP contribution in [0, 0.1) is 5.92 Å². The Hall–Kier alpha value is -1.96. The maximum absolute atomic E-state index is 5.95. The van der Waals surface area contributed by atoms with Crippen molar-refractivity contribution < 1.29 is 9.47 Å². The molecule has 0 bridgehead atoms. The Morgan fingerprint density at radius 3 is 2.04 bits per heavy atom. The van der Waals surface area contributed by atoms with Gasteiger partial charge in [0.2, 0.25) is 0 Å². The monoisotopic (exact) mass is 455 g/mol. The fourth-order valence-corrected chi connectivity index (χ4v) is 2.34. The highest BCUT2D eigenvalue weighted by atomic mass is 127. The highest BCUT2D eigenvalue weighted by molar-refractivity contribution is 14.0. The van der Waals surface area contributed by atoms with E-state index in [-0.39, 0.29) is 24.0 Å². The Kier molecular flexibility index (Phi) is 9.12. The summed E-state index contributed by atoms with van der Waals surface area (Å²) in [5.41, 5.74) is 8.10. The average Bonchev–Trinajstić information content (AvgIpc) is 2.61. The van der Waals surface area contributed by atoms with E-state index in [4.69, 9.17) is 15.2 Å². The van der Waals surface area contributed by atoms with Gasteiger partial charge < -0.3 is 20.5 Å². The Labute approximate surface area is 166 Å². The Balaban J connectivity index is 0.00000312. The lowest BCUT2D eigenvalue weighted by Crippen LogP contribution is -2.23. The second-order valence-corrected chi connectivity index (χ2v) is 5.74. The minimum Gasteiger partial charge on any atom is -0.497 e. The van der Waals surface area contributed by atoms with Crippen molar-refractivity contribution in [3.05, 3.63) is 54.1 Å². The molecular weight excluding hydrogens is 429 g/mol. The topological polar surface area (TPSA) is 68.9 Å². The molecule has 0 aliphatic heterocycles. The lowest BCUT2D eigenvalue weighted by molar-refractivity contribution is 0.414. The molecule has 136 valence electrons. The van der Waals surface area contributed by atoms with E-state index in [9.17, 15) is 0 Å². The molecule has 2 rings (SSSR count). The smallest absolute Gasteiger partial charge is 0.193 e. The van der Waals surface area contributed by atoms with Crippen LogP contribution in [0.25, 0.3) is 0 Å². The fraction of sp³-hybridized carbons (Fsp3) is 0.316. The zero-order valence-electron chi connectivity index (χ0n) is 14.9. The van der Waals surface area contributed by atoms with Gasteiger partial charge >= 0.3 is 0 Å². The molecule has 5 nitrogen and oxygen atoms in total. The number of guanidine groups is 1. The number of rotatable bonds is 7. The van der Waals surface area contributed by atoms with Crippen molar-refractivity contribution in [3.8, 4) is 11.5 Å². The van der Waals surface area contributed by atoms with Gasteiger partial charge in [-0.1, -0.05) is 19.1 Å². The minimum atomic E-state index is 0. The number of nitrogens with one attached hydrogen (secondary N) is 1. The summed E-state index contributed by atoms with van der Waals surface area (Å²) < 4.78 is 10.3. The second-order valence-electron chi connectivity index (χ2n) is 5.74. The molecule has 0 fully saturated rings. The first-order valence-corrected chi connectivity index (χ1v) is 7.94. The SMILES string of the molecule is COc1ccc(CC(C)CN=C(N)Nc2ccc(OC)cc2)cc1.I. The standard InChI is InChI=1S/C19H25N3O2.HI/c1-14(12-15-4-8-17(23-2)9-5-15)13-21-19(20)22-16-6-10-18(24-3)11-7-16;/h4-11,14H,12-13H2,1-3H3,(H3,20,21,22);1H. The lowest BCUT2D eigenvalue weighted by atomic mass is 10.0. The van der Waals surface area contributed by atoms with Gasteiger partial charge in [-0.25, -0.2) is 0 Å². The number of hydrogen-bond donors (Lipinski definition) is 2. The summed E-state index contributed by atoms with van der Waals surface area (Å²) in [5, 5.41) is 3.08. The van der Waals surface area contributed by atoms with Crippen LogP contribution >= 0.6 is 24.0 Å². The van der Waals surface area contributed by atoms with Crippen LogP contribution in [0.3, 0.4) is 0 Å². The van der Waals surface area contributed by atoms with Gasteiger partial charge in [-0.15, -0.1) is 24.0 Å². The molecule has 3 N–H and O–H groups in total. The number of nitrogens with two attached hydrogens (primary N) is 1. The molecular formula is C19H26IN3O2. The normalized spacial score (nSPS) is 12.0. The maximum atomic E-state index is 5.95. The number of ether oxygens (including phenoxy) is 2. The summed E-state index contributed by atoms with van der Waals surface area (Å²) in [7, 11) is 3.31. The maximum Gasteiger partial charge on any atom is 0.193 e. The molecule has 0 amide bonds. The van der Waals surface area contributed by atoms with E-state index < -0.39 is 0 Å². The Morgan fingerprint density at radius 2 is 1.52 bits per heavy atom. The van der Waals surface area contributed by atoms with Crippen LogP contribution in [-0.4, -0.2) is 26.7 Å². The third-order valence-electron chi connectivity index (χ3n) is 3.68. The molecule has 1 unspecified atom stereocenters. The van der Waals surface area contributed by atoms with Crippen LogP contribution in [-0.2, 0) is 6.42 Å². The van der Waals surface area contributed by atoms with E-state index in [1.807, 2.05) is 36.4 Å². The third kappa shape index (κ3) is 7.21. The predicted molar refractivity (Wildman–Crippen MR) is 114 cm³/mol. The molecule has 0 saturated carbocycles. The van der Waals surface area contributed by atoms with Crippen LogP contribution < -0.4 is 20.5 Å². The van der Waals surface area contributed by atoms with Crippen LogP contribution in [0.15, 0.2) is 53.5 Å². The Morgan fingerprint density at radius 1 is 1.00 bits per heavy atom. The summed E-state index contributed by atoms with van der Waals surface area (Å²) in [6.45, 7) is 2.83. The molecule has 0 spiro atoms. The van der Waals surface area contributed by atoms with Crippen molar-refractivity contribution in [2.24, 2.45) is 16.6 Å². The molecule has 2 aromatic carbocycles. The first-order chi connectivity index (χ1) is 11.6. The van der Waals surface area contributed by atoms with Crippen molar-refractivity contribution in [1.29, 1.82) is 0 Å². The summed E-state index contributed by atoms with van der Waals surface area (Å²) in [5.74, 6) is 2.50. The average molecular weight is 455 g/mol. The molecule has 0 aliphatic rings. The molecule has 0 radical (unpaired) electrons. The summed E-state index contributed by atoms with van der Waals surface area (Å²) >= 11 is 0. The van der Waals surface area contributed by atoms with Crippen molar-refractivity contribution in [2.75, 3.05) is 26.1 Å². The van der Waals surface area contributed by atoms with E-state index in [1.165, 1.54) is 5.56 Å². The van der Waals surface area contributed by atoms with Crippen molar-refractivity contribution in [1.82, 2.24) is 0 Å². The molecule has 0 saturated heterocycles. The first-order valence-electron chi connectivity index (χ1n) is 7.94. The number of benzene rings is 2. The largest absolute Gasteiger partial charge is 0.497 e. The molecule has 0 heterocycles. The van der Waals surface area contributed by atoms with E-state index in [0.29, 0.717) is 18.4 Å². The highest BCUT2D eigenvalue weighted by Gasteiger charge is 2.04. The zero-order valence-corrected chi connectivity index (χ0v) is 17.2. The van der Waals surface area contributed by atoms with Gasteiger partial charge in [-0.2, -0.15) is 0 Å². The zero-order chi connectivity index (χ0) is 17.4. The van der Waals surface area contributed by atoms with Crippen molar-refractivity contribution in [2.45, 2.75) is 13.3 Å². The predicted octanol–water partition coefficient (Wildman–Crippen LogP) is 3.93. The Bertz CT molecular complexity index is 657. The van der Waals surface area contributed by atoms with E-state index in [0.717, 1.165) is 23.6 Å². The number of anilines is 1. The minimum absolute atomic E-state index is 0. The van der Waals surface area contributed by atoms with Crippen LogP contribution in [0.5, 0.6) is 11.5 Å². The fourth-order valence-electron chi connectivity index (χ4n) is 2.34.